The van der Waals surface area contributed by atoms with Crippen molar-refractivity contribution in [2.75, 3.05) is 33.2 Å². The predicted molar refractivity (Wildman–Crippen MR) is 117 cm³/mol. The first-order valence-corrected chi connectivity index (χ1v) is 11.5. The lowest BCUT2D eigenvalue weighted by atomic mass is 9.46. The van der Waals surface area contributed by atoms with Crippen LogP contribution in [0.5, 0.6) is 0 Å². The van der Waals surface area contributed by atoms with Crippen molar-refractivity contribution in [1.82, 2.24) is 9.80 Å². The lowest BCUT2D eigenvalue weighted by Crippen LogP contribution is -2.59. The number of allylic oxidation sites excluding steroid dienone is 1. The molecule has 0 N–H and O–H groups in total. The summed E-state index contributed by atoms with van der Waals surface area (Å²) in [5.74, 6) is 1.37. The van der Waals surface area contributed by atoms with Gasteiger partial charge in [-0.2, -0.15) is 0 Å². The maximum atomic E-state index is 13.8. The van der Waals surface area contributed by atoms with Crippen LogP contribution < -0.4 is 0 Å². The summed E-state index contributed by atoms with van der Waals surface area (Å²) >= 11 is 0. The van der Waals surface area contributed by atoms with E-state index in [1.807, 2.05) is 6.26 Å². The third kappa shape index (κ3) is 3.69. The highest BCUT2D eigenvalue weighted by Gasteiger charge is 2.57. The number of hydrogen-bond acceptors (Lipinski definition) is 3. The van der Waals surface area contributed by atoms with E-state index in [1.54, 1.807) is 6.26 Å². The number of amides is 1. The van der Waals surface area contributed by atoms with Crippen LogP contribution in [0, 0.1) is 22.7 Å². The predicted octanol–water partition coefficient (Wildman–Crippen LogP) is 4.77. The Labute approximate surface area is 176 Å². The summed E-state index contributed by atoms with van der Waals surface area (Å²) in [6.07, 6.45) is 11.4. The van der Waals surface area contributed by atoms with E-state index < -0.39 is 0 Å². The van der Waals surface area contributed by atoms with Crippen molar-refractivity contribution in [2.24, 2.45) is 22.7 Å². The minimum Gasteiger partial charge on any atom is -0.472 e. The third-order valence-corrected chi connectivity index (χ3v) is 8.60. The van der Waals surface area contributed by atoms with Gasteiger partial charge in [0.2, 0.25) is 5.91 Å². The number of piperazine rings is 1. The fourth-order valence-corrected chi connectivity index (χ4v) is 6.85. The number of rotatable bonds is 4. The molecule has 3 aliphatic rings. The Balaban J connectivity index is 1.55. The first-order chi connectivity index (χ1) is 13.8. The van der Waals surface area contributed by atoms with Crippen LogP contribution in [0.3, 0.4) is 0 Å². The molecule has 2 heterocycles. The van der Waals surface area contributed by atoms with Gasteiger partial charge in [0.25, 0.3) is 0 Å². The van der Waals surface area contributed by atoms with E-state index in [2.05, 4.69) is 43.3 Å². The van der Waals surface area contributed by atoms with E-state index in [1.165, 1.54) is 17.6 Å². The maximum absolute atomic E-state index is 13.8. The lowest BCUT2D eigenvalue weighted by Gasteiger charge is -2.59. The van der Waals surface area contributed by atoms with Gasteiger partial charge in [0.15, 0.2) is 0 Å². The third-order valence-electron chi connectivity index (χ3n) is 8.60. The highest BCUT2D eigenvalue weighted by Crippen LogP contribution is 2.62. The summed E-state index contributed by atoms with van der Waals surface area (Å²) in [6.45, 7) is 13.0. The standard InChI is InChI=1S/C25H38N2O2/c1-19-6-9-22-24(2,21(19)8-7-20-10-17-29-18-20)11-5-12-25(22,3)23(28)27-15-13-26(4)14-16-27/h10,17-18,21-22H,1,5-9,11-16H2,2-4H3/t21-,22+,24+,25+/m1/s1. The summed E-state index contributed by atoms with van der Waals surface area (Å²) in [4.78, 5) is 18.3. The largest absolute Gasteiger partial charge is 0.472 e. The van der Waals surface area contributed by atoms with Crippen molar-refractivity contribution >= 4 is 5.91 Å². The second kappa shape index (κ2) is 7.94. The molecule has 4 rings (SSSR count). The van der Waals surface area contributed by atoms with Gasteiger partial charge in [0.1, 0.15) is 0 Å². The Bertz CT molecular complexity index is 734. The Morgan fingerprint density at radius 2 is 2.00 bits per heavy atom. The SMILES string of the molecule is C=C1CC[C@H]2[C@@](C)(CCC[C@]2(C)C(=O)N2CCN(C)CC2)[C@@H]1CCc1ccoc1. The Hall–Kier alpha value is -1.55. The van der Waals surface area contributed by atoms with Crippen LogP contribution >= 0.6 is 0 Å². The minimum atomic E-state index is -0.225. The summed E-state index contributed by atoms with van der Waals surface area (Å²) in [7, 11) is 2.15. The summed E-state index contributed by atoms with van der Waals surface area (Å²) < 4.78 is 5.28. The smallest absolute Gasteiger partial charge is 0.228 e. The van der Waals surface area contributed by atoms with Crippen molar-refractivity contribution in [1.29, 1.82) is 0 Å². The molecule has 2 aliphatic carbocycles. The normalized spacial score (nSPS) is 36.1. The molecule has 1 aromatic heterocycles. The molecule has 1 aliphatic heterocycles. The van der Waals surface area contributed by atoms with Gasteiger partial charge in [-0.15, -0.1) is 0 Å². The highest BCUT2D eigenvalue weighted by molar-refractivity contribution is 5.83. The molecule has 3 fully saturated rings. The zero-order chi connectivity index (χ0) is 20.6. The molecular formula is C25H38N2O2. The van der Waals surface area contributed by atoms with E-state index in [4.69, 9.17) is 4.42 Å². The van der Waals surface area contributed by atoms with Gasteiger partial charge < -0.3 is 14.2 Å². The van der Waals surface area contributed by atoms with Crippen molar-refractivity contribution < 1.29 is 9.21 Å². The lowest BCUT2D eigenvalue weighted by molar-refractivity contribution is -0.158. The highest BCUT2D eigenvalue weighted by atomic mass is 16.3. The molecule has 29 heavy (non-hydrogen) atoms. The number of nitrogens with zero attached hydrogens (tertiary/aromatic N) is 2. The molecule has 0 unspecified atom stereocenters. The van der Waals surface area contributed by atoms with Crippen LogP contribution in [0.15, 0.2) is 35.2 Å². The number of furan rings is 1. The van der Waals surface area contributed by atoms with Crippen molar-refractivity contribution in [3.8, 4) is 0 Å². The summed E-state index contributed by atoms with van der Waals surface area (Å²) in [5, 5.41) is 0. The maximum Gasteiger partial charge on any atom is 0.228 e. The van der Waals surface area contributed by atoms with Crippen molar-refractivity contribution in [3.05, 3.63) is 36.3 Å². The van der Waals surface area contributed by atoms with E-state index in [9.17, 15) is 4.79 Å². The van der Waals surface area contributed by atoms with Gasteiger partial charge in [0.05, 0.1) is 12.5 Å². The fourth-order valence-electron chi connectivity index (χ4n) is 6.85. The molecule has 0 bridgehead atoms. The van der Waals surface area contributed by atoms with Gasteiger partial charge in [-0.1, -0.05) is 32.4 Å². The van der Waals surface area contributed by atoms with Gasteiger partial charge in [0, 0.05) is 31.6 Å². The number of carbonyl (C=O) groups excluding carboxylic acids is 1. The molecule has 4 atom stereocenters. The van der Waals surface area contributed by atoms with Crippen LogP contribution in [0.25, 0.3) is 0 Å². The number of aryl methyl sites for hydroxylation is 1. The Morgan fingerprint density at radius 1 is 1.24 bits per heavy atom. The van der Waals surface area contributed by atoms with E-state index in [0.717, 1.165) is 64.7 Å². The van der Waals surface area contributed by atoms with Crippen molar-refractivity contribution in [3.63, 3.8) is 0 Å². The van der Waals surface area contributed by atoms with E-state index in [0.29, 0.717) is 17.7 Å². The molecule has 4 nitrogen and oxygen atoms in total. The van der Waals surface area contributed by atoms with Crippen LogP contribution in [0.4, 0.5) is 0 Å². The van der Waals surface area contributed by atoms with E-state index >= 15 is 0 Å². The number of fused-ring (bicyclic) bond motifs is 1. The topological polar surface area (TPSA) is 36.7 Å². The molecule has 4 heteroatoms. The first kappa shape index (κ1) is 20.7. The molecule has 1 amide bonds. The Morgan fingerprint density at radius 3 is 2.69 bits per heavy atom. The average molecular weight is 399 g/mol. The van der Waals surface area contributed by atoms with Gasteiger partial charge >= 0.3 is 0 Å². The van der Waals surface area contributed by atoms with Crippen molar-refractivity contribution in [2.45, 2.75) is 58.8 Å². The van der Waals surface area contributed by atoms with Crippen LogP contribution in [-0.4, -0.2) is 48.9 Å². The van der Waals surface area contributed by atoms with E-state index in [-0.39, 0.29) is 10.8 Å². The molecule has 2 saturated carbocycles. The van der Waals surface area contributed by atoms with Crippen LogP contribution in [0.2, 0.25) is 0 Å². The quantitative estimate of drug-likeness (QED) is 0.686. The number of carbonyl (C=O) groups is 1. The average Bonchev–Trinajstić information content (AvgIpc) is 3.21. The first-order valence-electron chi connectivity index (χ1n) is 11.5. The van der Waals surface area contributed by atoms with Gasteiger partial charge in [-0.25, -0.2) is 0 Å². The molecule has 0 radical (unpaired) electrons. The summed E-state index contributed by atoms with van der Waals surface area (Å²) in [5.41, 5.74) is 2.63. The zero-order valence-electron chi connectivity index (χ0n) is 18.6. The monoisotopic (exact) mass is 398 g/mol. The molecule has 0 spiro atoms. The summed E-state index contributed by atoms with van der Waals surface area (Å²) in [6, 6.07) is 2.08. The molecule has 1 aromatic rings. The second-order valence-electron chi connectivity index (χ2n) is 10.3. The molecule has 1 saturated heterocycles. The zero-order valence-corrected chi connectivity index (χ0v) is 18.6. The number of hydrogen-bond donors (Lipinski definition) is 0. The molecular weight excluding hydrogens is 360 g/mol. The minimum absolute atomic E-state index is 0.175. The molecule has 0 aromatic carbocycles. The van der Waals surface area contributed by atoms with Crippen LogP contribution in [-0.2, 0) is 11.2 Å². The Kier molecular flexibility index (Phi) is 5.67. The van der Waals surface area contributed by atoms with Crippen LogP contribution in [0.1, 0.15) is 57.9 Å². The molecule has 160 valence electrons. The fraction of sp³-hybridized carbons (Fsp3) is 0.720. The number of likely N-dealkylation sites (N-methyl/N-ethyl adjacent to an activating group) is 1. The second-order valence-corrected chi connectivity index (χ2v) is 10.3. The van der Waals surface area contributed by atoms with Gasteiger partial charge in [-0.05, 0) is 74.5 Å². The van der Waals surface area contributed by atoms with Gasteiger partial charge in [-0.3, -0.25) is 4.79 Å².